The molecule has 0 aliphatic rings. The van der Waals surface area contributed by atoms with Crippen molar-refractivity contribution >= 4 is 16.9 Å². The molecule has 1 heterocycles. The number of nitrogens with zero attached hydrogens (tertiary/aromatic N) is 1. The Labute approximate surface area is 121 Å². The molecule has 0 saturated heterocycles. The van der Waals surface area contributed by atoms with Crippen LogP contribution in [0.1, 0.15) is 22.8 Å². The lowest BCUT2D eigenvalue weighted by molar-refractivity contribution is 0.0528. The minimum Gasteiger partial charge on any atom is -0.462 e. The number of aromatic nitrogens is 1. The molecule has 0 N–H and O–H groups in total. The average Bonchev–Trinajstić information content (AvgIpc) is 2.45. The Hall–Kier alpha value is -2.43. The third-order valence-electron chi connectivity index (χ3n) is 3.29. The molecule has 21 heavy (non-hydrogen) atoms. The van der Waals surface area contributed by atoms with Gasteiger partial charge < -0.3 is 9.30 Å². The molecule has 0 aliphatic carbocycles. The van der Waals surface area contributed by atoms with Gasteiger partial charge in [0.05, 0.1) is 17.7 Å². The molecular formula is C16H16FNO3. The van der Waals surface area contributed by atoms with Crippen molar-refractivity contribution in [3.8, 4) is 0 Å². The van der Waals surface area contributed by atoms with Crippen molar-refractivity contribution in [2.75, 3.05) is 6.61 Å². The molecule has 0 unspecified atom stereocenters. The van der Waals surface area contributed by atoms with Gasteiger partial charge in [0.25, 0.3) is 5.56 Å². The van der Waals surface area contributed by atoms with Crippen LogP contribution in [0.5, 0.6) is 0 Å². The molecule has 4 nitrogen and oxygen atoms in total. The second-order valence-corrected chi connectivity index (χ2v) is 4.59. The molecule has 1 aromatic heterocycles. The first-order chi connectivity index (χ1) is 10.0. The summed E-state index contributed by atoms with van der Waals surface area (Å²) in [5.74, 6) is -1.02. The van der Waals surface area contributed by atoms with E-state index in [1.54, 1.807) is 20.0 Å². The van der Waals surface area contributed by atoms with Crippen LogP contribution in [0.25, 0.3) is 10.9 Å². The Balaban J connectivity index is 2.89. The van der Waals surface area contributed by atoms with E-state index in [2.05, 4.69) is 6.58 Å². The van der Waals surface area contributed by atoms with E-state index in [0.717, 1.165) is 0 Å². The minimum atomic E-state index is -0.587. The van der Waals surface area contributed by atoms with Gasteiger partial charge in [0.15, 0.2) is 0 Å². The fourth-order valence-corrected chi connectivity index (χ4v) is 2.34. The van der Waals surface area contributed by atoms with Gasteiger partial charge in [0, 0.05) is 24.1 Å². The number of aryl methyl sites for hydroxylation is 1. The number of carbonyl (C=O) groups is 1. The summed E-state index contributed by atoms with van der Waals surface area (Å²) in [5.41, 5.74) is 0.500. The van der Waals surface area contributed by atoms with Gasteiger partial charge in [0.1, 0.15) is 5.82 Å². The largest absolute Gasteiger partial charge is 0.462 e. The van der Waals surface area contributed by atoms with Gasteiger partial charge >= 0.3 is 5.97 Å². The van der Waals surface area contributed by atoms with E-state index in [-0.39, 0.29) is 24.2 Å². The number of fused-ring (bicyclic) bond motifs is 1. The van der Waals surface area contributed by atoms with Crippen molar-refractivity contribution in [3.63, 3.8) is 0 Å². The molecule has 2 rings (SSSR count). The number of esters is 1. The first-order valence-electron chi connectivity index (χ1n) is 6.60. The lowest BCUT2D eigenvalue weighted by Gasteiger charge is -2.13. The normalized spacial score (nSPS) is 10.6. The lowest BCUT2D eigenvalue weighted by Crippen LogP contribution is -2.21. The summed E-state index contributed by atoms with van der Waals surface area (Å²) in [5, 5.41) is 0.494. The maximum absolute atomic E-state index is 14.0. The lowest BCUT2D eigenvalue weighted by atomic mass is 10.0. The van der Waals surface area contributed by atoms with Crippen molar-refractivity contribution in [1.29, 1.82) is 0 Å². The van der Waals surface area contributed by atoms with E-state index >= 15 is 0 Å². The van der Waals surface area contributed by atoms with Crippen LogP contribution >= 0.6 is 0 Å². The van der Waals surface area contributed by atoms with Crippen LogP contribution in [-0.2, 0) is 18.2 Å². The van der Waals surface area contributed by atoms with Crippen molar-refractivity contribution < 1.29 is 13.9 Å². The number of rotatable bonds is 4. The van der Waals surface area contributed by atoms with Crippen LogP contribution < -0.4 is 5.56 Å². The molecule has 0 atom stereocenters. The maximum Gasteiger partial charge on any atom is 0.339 e. The Bertz CT molecular complexity index is 777. The molecule has 2 aromatic rings. The molecule has 0 fully saturated rings. The minimum absolute atomic E-state index is 0.153. The zero-order chi connectivity index (χ0) is 15.6. The van der Waals surface area contributed by atoms with Gasteiger partial charge in [-0.15, -0.1) is 6.58 Å². The van der Waals surface area contributed by atoms with Crippen LogP contribution in [-0.4, -0.2) is 17.1 Å². The quantitative estimate of drug-likeness (QED) is 0.642. The molecule has 0 bridgehead atoms. The topological polar surface area (TPSA) is 48.3 Å². The Morgan fingerprint density at radius 3 is 2.81 bits per heavy atom. The number of benzene rings is 1. The van der Waals surface area contributed by atoms with Gasteiger partial charge in [-0.25, -0.2) is 9.18 Å². The van der Waals surface area contributed by atoms with E-state index in [1.165, 1.54) is 22.8 Å². The third-order valence-corrected chi connectivity index (χ3v) is 3.29. The first-order valence-corrected chi connectivity index (χ1v) is 6.60. The number of pyridine rings is 1. The number of allylic oxidation sites excluding steroid dienone is 1. The first kappa shape index (κ1) is 15.0. The molecule has 0 radical (unpaired) electrons. The molecule has 5 heteroatoms. The molecule has 110 valence electrons. The summed E-state index contributed by atoms with van der Waals surface area (Å²) >= 11 is 0. The average molecular weight is 289 g/mol. The predicted molar refractivity (Wildman–Crippen MR) is 79.0 cm³/mol. The smallest absolute Gasteiger partial charge is 0.339 e. The summed E-state index contributed by atoms with van der Waals surface area (Å²) in [6, 6.07) is 3.99. The van der Waals surface area contributed by atoms with Crippen molar-refractivity contribution in [1.82, 2.24) is 4.57 Å². The summed E-state index contributed by atoms with van der Waals surface area (Å²) in [7, 11) is 1.55. The van der Waals surface area contributed by atoms with E-state index in [1.807, 2.05) is 0 Å². The number of halogens is 1. The van der Waals surface area contributed by atoms with Crippen LogP contribution in [0.3, 0.4) is 0 Å². The highest BCUT2D eigenvalue weighted by Gasteiger charge is 2.18. The van der Waals surface area contributed by atoms with E-state index < -0.39 is 11.8 Å². The zero-order valence-electron chi connectivity index (χ0n) is 12.0. The number of hydrogen-bond acceptors (Lipinski definition) is 3. The van der Waals surface area contributed by atoms with Crippen molar-refractivity contribution in [3.05, 3.63) is 58.2 Å². The highest BCUT2D eigenvalue weighted by Crippen LogP contribution is 2.24. The number of hydrogen-bond donors (Lipinski definition) is 0. The molecule has 0 amide bonds. The Kier molecular flexibility index (Phi) is 4.21. The molecule has 1 aromatic carbocycles. The second kappa shape index (κ2) is 5.91. The Morgan fingerprint density at radius 1 is 1.48 bits per heavy atom. The SMILES string of the molecule is C=CCc1c(F)ccc2c(C(=O)OCC)cc(=O)n(C)c12. The van der Waals surface area contributed by atoms with Crippen LogP contribution in [0, 0.1) is 5.82 Å². The van der Waals surface area contributed by atoms with Crippen LogP contribution in [0.15, 0.2) is 35.6 Å². The summed E-state index contributed by atoms with van der Waals surface area (Å²) < 4.78 is 20.3. The van der Waals surface area contributed by atoms with Gasteiger partial charge in [0.2, 0.25) is 0 Å². The van der Waals surface area contributed by atoms with E-state index in [0.29, 0.717) is 16.5 Å². The summed E-state index contributed by atoms with van der Waals surface area (Å²) in [6.45, 7) is 5.49. The highest BCUT2D eigenvalue weighted by atomic mass is 19.1. The van der Waals surface area contributed by atoms with Crippen LogP contribution in [0.2, 0.25) is 0 Å². The predicted octanol–water partition coefficient (Wildman–Crippen LogP) is 2.58. The van der Waals surface area contributed by atoms with Crippen molar-refractivity contribution in [2.45, 2.75) is 13.3 Å². The highest BCUT2D eigenvalue weighted by molar-refractivity contribution is 6.04. The second-order valence-electron chi connectivity index (χ2n) is 4.59. The van der Waals surface area contributed by atoms with E-state index in [4.69, 9.17) is 4.74 Å². The molecule has 0 spiro atoms. The van der Waals surface area contributed by atoms with E-state index in [9.17, 15) is 14.0 Å². The van der Waals surface area contributed by atoms with Crippen molar-refractivity contribution in [2.24, 2.45) is 7.05 Å². The fourth-order valence-electron chi connectivity index (χ4n) is 2.34. The maximum atomic E-state index is 14.0. The fraction of sp³-hybridized carbons (Fsp3) is 0.250. The number of carbonyl (C=O) groups excluding carboxylic acids is 1. The van der Waals surface area contributed by atoms with Gasteiger partial charge in [-0.2, -0.15) is 0 Å². The van der Waals surface area contributed by atoms with Gasteiger partial charge in [-0.3, -0.25) is 4.79 Å². The third kappa shape index (κ3) is 2.59. The van der Waals surface area contributed by atoms with Gasteiger partial charge in [-0.05, 0) is 25.5 Å². The molecule has 0 aliphatic heterocycles. The monoisotopic (exact) mass is 289 g/mol. The zero-order valence-corrected chi connectivity index (χ0v) is 12.0. The summed E-state index contributed by atoms with van der Waals surface area (Å²) in [6.07, 6.45) is 1.82. The number of ether oxygens (including phenoxy) is 1. The Morgan fingerprint density at radius 2 is 2.19 bits per heavy atom. The molecular weight excluding hydrogens is 273 g/mol. The van der Waals surface area contributed by atoms with Crippen LogP contribution in [0.4, 0.5) is 4.39 Å². The summed E-state index contributed by atoms with van der Waals surface area (Å²) in [4.78, 5) is 24.0. The van der Waals surface area contributed by atoms with Gasteiger partial charge in [-0.1, -0.05) is 6.08 Å². The standard InChI is InChI=1S/C16H16FNO3/c1-4-6-11-13(17)8-7-10-12(16(20)21-5-2)9-14(19)18(3)15(10)11/h4,7-9H,1,5-6H2,2-3H3. The molecule has 0 saturated carbocycles.